The van der Waals surface area contributed by atoms with Crippen molar-refractivity contribution in [3.8, 4) is 5.75 Å². The van der Waals surface area contributed by atoms with Gasteiger partial charge in [0.15, 0.2) is 0 Å². The number of aliphatic hydroxyl groups excluding tert-OH is 4. The zero-order valence-corrected chi connectivity index (χ0v) is 11.7. The summed E-state index contributed by atoms with van der Waals surface area (Å²) in [7, 11) is 0. The van der Waals surface area contributed by atoms with E-state index in [2.05, 4.69) is 5.32 Å². The second kappa shape index (κ2) is 7.52. The number of aliphatic hydroxyl groups is 4. The molecule has 1 heterocycles. The van der Waals surface area contributed by atoms with Gasteiger partial charge in [0.2, 0.25) is 0 Å². The maximum Gasteiger partial charge on any atom is 0.412 e. The normalized spacial score (nSPS) is 31.5. The van der Waals surface area contributed by atoms with Crippen LogP contribution >= 0.6 is 0 Å². The van der Waals surface area contributed by atoms with Crippen LogP contribution < -0.4 is 10.1 Å². The molecule has 0 aliphatic carbocycles. The van der Waals surface area contributed by atoms with Gasteiger partial charge < -0.3 is 35.2 Å². The van der Waals surface area contributed by atoms with Gasteiger partial charge in [0.1, 0.15) is 36.3 Å². The number of benzene rings is 1. The number of hydrogen-bond donors (Lipinski definition) is 5. The predicted octanol–water partition coefficient (Wildman–Crippen LogP) is -1.38. The summed E-state index contributed by atoms with van der Waals surface area (Å²) in [5.41, 5.74) is 0. The van der Waals surface area contributed by atoms with Gasteiger partial charge in [-0.3, -0.25) is 0 Å². The Hall–Kier alpha value is -1.71. The summed E-state index contributed by atoms with van der Waals surface area (Å²) in [4.78, 5) is 11.6. The third-order valence-corrected chi connectivity index (χ3v) is 3.39. The zero-order valence-electron chi connectivity index (χ0n) is 11.7. The van der Waals surface area contributed by atoms with Crippen LogP contribution in [0, 0.1) is 0 Å². The summed E-state index contributed by atoms with van der Waals surface area (Å²) < 4.78 is 10.2. The maximum atomic E-state index is 11.6. The number of para-hydroxylation sites is 1. The average Bonchev–Trinajstić information content (AvgIpc) is 2.53. The summed E-state index contributed by atoms with van der Waals surface area (Å²) in [6.45, 7) is -0.664. The zero-order chi connectivity index (χ0) is 16.1. The van der Waals surface area contributed by atoms with Crippen LogP contribution in [0.1, 0.15) is 0 Å². The van der Waals surface area contributed by atoms with E-state index in [1.165, 1.54) is 0 Å². The first-order chi connectivity index (χ1) is 10.5. The minimum atomic E-state index is -1.47. The molecule has 1 aliphatic rings. The molecule has 1 aromatic carbocycles. The number of nitrogens with one attached hydrogen (secondary N) is 1. The molecule has 2 rings (SSSR count). The SMILES string of the molecule is O=C(NC[C@@H]1O[C@H](CO)[C@@H](O)[C@H](O)[C@H]1O)Oc1ccccc1. The van der Waals surface area contributed by atoms with Gasteiger partial charge in [-0.05, 0) is 12.1 Å². The number of ether oxygens (including phenoxy) is 2. The Bertz CT molecular complexity index is 481. The van der Waals surface area contributed by atoms with E-state index in [4.69, 9.17) is 14.6 Å². The largest absolute Gasteiger partial charge is 0.412 e. The van der Waals surface area contributed by atoms with Gasteiger partial charge in [-0.25, -0.2) is 4.79 Å². The number of carbonyl (C=O) groups is 1. The molecule has 1 aromatic rings. The summed E-state index contributed by atoms with van der Waals surface area (Å²) in [5.74, 6) is 0.355. The molecule has 1 aliphatic heterocycles. The number of rotatable bonds is 4. The van der Waals surface area contributed by atoms with Crippen LogP contribution in [0.25, 0.3) is 0 Å². The molecule has 0 unspecified atom stereocenters. The third kappa shape index (κ3) is 3.93. The highest BCUT2D eigenvalue weighted by molar-refractivity contribution is 5.70. The standard InChI is InChI=1S/C14H19NO7/c16-7-10-12(18)13(19)11(17)9(22-10)6-15-14(20)21-8-4-2-1-3-5-8/h1-5,9-13,16-19H,6-7H2,(H,15,20)/t9-,10+,11-,12+,13+/m0/s1. The molecule has 122 valence electrons. The van der Waals surface area contributed by atoms with Crippen molar-refractivity contribution in [2.75, 3.05) is 13.2 Å². The third-order valence-electron chi connectivity index (χ3n) is 3.39. The Morgan fingerprint density at radius 3 is 2.36 bits per heavy atom. The van der Waals surface area contributed by atoms with Crippen LogP contribution in [0.4, 0.5) is 4.79 Å². The summed E-state index contributed by atoms with van der Waals surface area (Å²) in [5, 5.41) is 40.5. The van der Waals surface area contributed by atoms with Crippen molar-refractivity contribution in [2.24, 2.45) is 0 Å². The van der Waals surface area contributed by atoms with Gasteiger partial charge in [0, 0.05) is 6.54 Å². The lowest BCUT2D eigenvalue weighted by molar-refractivity contribution is -0.227. The molecule has 1 fully saturated rings. The molecule has 1 amide bonds. The minimum absolute atomic E-state index is 0.146. The van der Waals surface area contributed by atoms with Crippen LogP contribution in [0.3, 0.4) is 0 Å². The summed E-state index contributed by atoms with van der Waals surface area (Å²) in [6.07, 6.45) is -7.01. The fraction of sp³-hybridized carbons (Fsp3) is 0.500. The monoisotopic (exact) mass is 313 g/mol. The van der Waals surface area contributed by atoms with E-state index in [0.717, 1.165) is 0 Å². The highest BCUT2D eigenvalue weighted by atomic mass is 16.6. The first kappa shape index (κ1) is 16.7. The lowest BCUT2D eigenvalue weighted by Crippen LogP contribution is -2.60. The molecule has 22 heavy (non-hydrogen) atoms. The number of hydrogen-bond acceptors (Lipinski definition) is 7. The molecule has 8 nitrogen and oxygen atoms in total. The second-order valence-corrected chi connectivity index (χ2v) is 4.95. The quantitative estimate of drug-likeness (QED) is 0.463. The Morgan fingerprint density at radius 1 is 1.09 bits per heavy atom. The Balaban J connectivity index is 1.86. The maximum absolute atomic E-state index is 11.6. The molecule has 0 spiro atoms. The first-order valence-corrected chi connectivity index (χ1v) is 6.84. The Kier molecular flexibility index (Phi) is 5.69. The molecule has 5 atom stereocenters. The topological polar surface area (TPSA) is 128 Å². The van der Waals surface area contributed by atoms with E-state index in [1.807, 2.05) is 0 Å². The molecule has 5 N–H and O–H groups in total. The minimum Gasteiger partial charge on any atom is -0.410 e. The van der Waals surface area contributed by atoms with E-state index in [0.29, 0.717) is 5.75 Å². The summed E-state index contributed by atoms with van der Waals surface area (Å²) >= 11 is 0. The van der Waals surface area contributed by atoms with Crippen molar-refractivity contribution in [2.45, 2.75) is 30.5 Å². The Morgan fingerprint density at radius 2 is 1.73 bits per heavy atom. The Labute approximate surface area is 126 Å². The van der Waals surface area contributed by atoms with Gasteiger partial charge >= 0.3 is 6.09 Å². The van der Waals surface area contributed by atoms with Crippen LogP contribution in [0.2, 0.25) is 0 Å². The van der Waals surface area contributed by atoms with E-state index in [1.54, 1.807) is 30.3 Å². The molecular formula is C14H19NO7. The molecule has 0 bridgehead atoms. The van der Waals surface area contributed by atoms with E-state index >= 15 is 0 Å². The summed E-state index contributed by atoms with van der Waals surface area (Å²) in [6, 6.07) is 8.40. The molecular weight excluding hydrogens is 294 g/mol. The molecule has 0 radical (unpaired) electrons. The van der Waals surface area contributed by atoms with Crippen LogP contribution in [0.5, 0.6) is 5.75 Å². The van der Waals surface area contributed by atoms with Crippen molar-refractivity contribution >= 4 is 6.09 Å². The lowest BCUT2D eigenvalue weighted by Gasteiger charge is -2.39. The van der Waals surface area contributed by atoms with Crippen molar-refractivity contribution in [1.82, 2.24) is 5.32 Å². The van der Waals surface area contributed by atoms with Crippen molar-refractivity contribution in [3.05, 3.63) is 30.3 Å². The second-order valence-electron chi connectivity index (χ2n) is 4.95. The highest BCUT2D eigenvalue weighted by Gasteiger charge is 2.43. The lowest BCUT2D eigenvalue weighted by atomic mass is 9.95. The van der Waals surface area contributed by atoms with Crippen molar-refractivity contribution in [1.29, 1.82) is 0 Å². The smallest absolute Gasteiger partial charge is 0.410 e. The fourth-order valence-electron chi connectivity index (χ4n) is 2.16. The molecule has 0 saturated carbocycles. The first-order valence-electron chi connectivity index (χ1n) is 6.84. The van der Waals surface area contributed by atoms with E-state index < -0.39 is 43.2 Å². The highest BCUT2D eigenvalue weighted by Crippen LogP contribution is 2.20. The predicted molar refractivity (Wildman–Crippen MR) is 74.2 cm³/mol. The fourth-order valence-corrected chi connectivity index (χ4v) is 2.16. The van der Waals surface area contributed by atoms with Crippen LogP contribution in [0.15, 0.2) is 30.3 Å². The van der Waals surface area contributed by atoms with Gasteiger partial charge in [-0.15, -0.1) is 0 Å². The van der Waals surface area contributed by atoms with Crippen LogP contribution in [-0.2, 0) is 4.74 Å². The van der Waals surface area contributed by atoms with Crippen molar-refractivity contribution < 1.29 is 34.7 Å². The van der Waals surface area contributed by atoms with E-state index in [9.17, 15) is 20.1 Å². The van der Waals surface area contributed by atoms with E-state index in [-0.39, 0.29) is 6.54 Å². The van der Waals surface area contributed by atoms with Gasteiger partial charge in [-0.1, -0.05) is 18.2 Å². The molecule has 0 aromatic heterocycles. The van der Waals surface area contributed by atoms with Crippen molar-refractivity contribution in [3.63, 3.8) is 0 Å². The van der Waals surface area contributed by atoms with Crippen LogP contribution in [-0.4, -0.2) is 70.2 Å². The van der Waals surface area contributed by atoms with Gasteiger partial charge in [-0.2, -0.15) is 0 Å². The number of amides is 1. The number of carbonyl (C=O) groups excluding carboxylic acids is 1. The molecule has 1 saturated heterocycles. The van der Waals surface area contributed by atoms with Gasteiger partial charge in [0.25, 0.3) is 0 Å². The molecule has 8 heteroatoms. The van der Waals surface area contributed by atoms with Gasteiger partial charge in [0.05, 0.1) is 6.61 Å². The average molecular weight is 313 g/mol.